The third-order valence-electron chi connectivity index (χ3n) is 5.43. The van der Waals surface area contributed by atoms with E-state index in [1.165, 1.54) is 6.42 Å². The molecule has 0 spiro atoms. The van der Waals surface area contributed by atoms with Crippen LogP contribution < -0.4 is 0 Å². The number of rotatable bonds is 2. The van der Waals surface area contributed by atoms with Gasteiger partial charge in [0.05, 0.1) is 5.92 Å². The summed E-state index contributed by atoms with van der Waals surface area (Å²) in [6, 6.07) is 1.76. The van der Waals surface area contributed by atoms with Crippen molar-refractivity contribution in [3.63, 3.8) is 0 Å². The Labute approximate surface area is 102 Å². The van der Waals surface area contributed by atoms with Gasteiger partial charge >= 0.3 is 5.97 Å². The Balaban J connectivity index is 2.19. The third-order valence-corrected chi connectivity index (χ3v) is 5.43. The molecule has 2 aliphatic carbocycles. The standard InChI is InChI=1S/C14H19NO2/c1-9(8-15)17-12(16)11-7-10-5-6-14(11,4)13(10,2)3/h10-11H,1,5-7H2,2-4H3/t10?,11?,14-/m0/s1. The van der Waals surface area contributed by atoms with E-state index in [0.29, 0.717) is 5.92 Å². The van der Waals surface area contributed by atoms with Crippen molar-refractivity contribution in [2.75, 3.05) is 0 Å². The van der Waals surface area contributed by atoms with Crippen LogP contribution >= 0.6 is 0 Å². The van der Waals surface area contributed by atoms with Crippen LogP contribution in [0.2, 0.25) is 0 Å². The minimum atomic E-state index is -0.269. The first kappa shape index (κ1) is 12.2. The zero-order valence-corrected chi connectivity index (χ0v) is 10.7. The molecule has 3 atom stereocenters. The molecular weight excluding hydrogens is 214 g/mol. The van der Waals surface area contributed by atoms with Crippen molar-refractivity contribution in [3.8, 4) is 6.07 Å². The number of nitrogens with zero attached hydrogens (tertiary/aromatic N) is 1. The highest BCUT2D eigenvalue weighted by atomic mass is 16.5. The van der Waals surface area contributed by atoms with Gasteiger partial charge in [0.15, 0.2) is 5.76 Å². The predicted octanol–water partition coefficient (Wildman–Crippen LogP) is 3.03. The quantitative estimate of drug-likeness (QED) is 0.418. The summed E-state index contributed by atoms with van der Waals surface area (Å²) >= 11 is 0. The Kier molecular flexibility index (Phi) is 2.57. The summed E-state index contributed by atoms with van der Waals surface area (Å²) in [6.45, 7) is 10.1. The Morgan fingerprint density at radius 1 is 1.47 bits per heavy atom. The maximum absolute atomic E-state index is 12.1. The van der Waals surface area contributed by atoms with Gasteiger partial charge in [-0.15, -0.1) is 0 Å². The van der Waals surface area contributed by atoms with Crippen LogP contribution in [0.15, 0.2) is 12.3 Å². The molecule has 0 heterocycles. The Hall–Kier alpha value is -1.30. The fraction of sp³-hybridized carbons (Fsp3) is 0.714. The molecule has 0 aromatic heterocycles. The van der Waals surface area contributed by atoms with E-state index in [1.807, 2.05) is 0 Å². The van der Waals surface area contributed by atoms with Gasteiger partial charge in [0.25, 0.3) is 0 Å². The van der Waals surface area contributed by atoms with Gasteiger partial charge in [-0.3, -0.25) is 4.79 Å². The second-order valence-corrected chi connectivity index (χ2v) is 6.12. The molecule has 17 heavy (non-hydrogen) atoms. The lowest BCUT2D eigenvalue weighted by Gasteiger charge is -2.37. The van der Waals surface area contributed by atoms with E-state index in [0.717, 1.165) is 12.8 Å². The van der Waals surface area contributed by atoms with Gasteiger partial charge in [-0.25, -0.2) is 0 Å². The summed E-state index contributed by atoms with van der Waals surface area (Å²) in [7, 11) is 0. The molecular formula is C14H19NO2. The monoisotopic (exact) mass is 233 g/mol. The maximum Gasteiger partial charge on any atom is 0.315 e. The summed E-state index contributed by atoms with van der Waals surface area (Å²) in [6.07, 6.45) is 3.16. The predicted molar refractivity (Wildman–Crippen MR) is 63.6 cm³/mol. The SMILES string of the molecule is C=C(C#N)OC(=O)C1CC2CC[C@]1(C)C2(C)C. The van der Waals surface area contributed by atoms with Crippen molar-refractivity contribution in [2.45, 2.75) is 40.0 Å². The zero-order chi connectivity index (χ0) is 12.8. The summed E-state index contributed by atoms with van der Waals surface area (Å²) in [5.41, 5.74) is 0.190. The summed E-state index contributed by atoms with van der Waals surface area (Å²) in [5.74, 6) is 0.148. The van der Waals surface area contributed by atoms with Crippen molar-refractivity contribution >= 4 is 5.97 Å². The lowest BCUT2D eigenvalue weighted by atomic mass is 9.67. The van der Waals surface area contributed by atoms with Crippen LogP contribution in [-0.2, 0) is 9.53 Å². The minimum Gasteiger partial charge on any atom is -0.415 e. The molecule has 2 aliphatic rings. The van der Waals surface area contributed by atoms with Crippen LogP contribution in [0.5, 0.6) is 0 Å². The van der Waals surface area contributed by atoms with Crippen LogP contribution in [-0.4, -0.2) is 5.97 Å². The topological polar surface area (TPSA) is 50.1 Å². The van der Waals surface area contributed by atoms with E-state index in [9.17, 15) is 4.79 Å². The highest BCUT2D eigenvalue weighted by Gasteiger charge is 2.63. The lowest BCUT2D eigenvalue weighted by molar-refractivity contribution is -0.149. The van der Waals surface area contributed by atoms with Gasteiger partial charge in [-0.05, 0) is 42.6 Å². The molecule has 0 aromatic rings. The van der Waals surface area contributed by atoms with E-state index in [4.69, 9.17) is 10.00 Å². The smallest absolute Gasteiger partial charge is 0.315 e. The van der Waals surface area contributed by atoms with Crippen LogP contribution in [0.3, 0.4) is 0 Å². The first-order valence-corrected chi connectivity index (χ1v) is 6.13. The number of ether oxygens (including phenoxy) is 1. The molecule has 0 saturated heterocycles. The van der Waals surface area contributed by atoms with Crippen LogP contribution in [0.4, 0.5) is 0 Å². The third kappa shape index (κ3) is 1.50. The van der Waals surface area contributed by atoms with Gasteiger partial charge in [0.1, 0.15) is 6.07 Å². The molecule has 0 radical (unpaired) electrons. The molecule has 0 N–H and O–H groups in total. The van der Waals surface area contributed by atoms with Gasteiger partial charge in [-0.2, -0.15) is 5.26 Å². The van der Waals surface area contributed by atoms with E-state index < -0.39 is 0 Å². The van der Waals surface area contributed by atoms with Crippen molar-refractivity contribution in [3.05, 3.63) is 12.3 Å². The van der Waals surface area contributed by atoms with Gasteiger partial charge in [0.2, 0.25) is 0 Å². The number of hydrogen-bond donors (Lipinski definition) is 0. The zero-order valence-electron chi connectivity index (χ0n) is 10.7. The molecule has 2 saturated carbocycles. The van der Waals surface area contributed by atoms with E-state index in [2.05, 4.69) is 27.4 Å². The summed E-state index contributed by atoms with van der Waals surface area (Å²) in [5, 5.41) is 8.60. The maximum atomic E-state index is 12.1. The van der Waals surface area contributed by atoms with E-state index in [1.54, 1.807) is 6.07 Å². The molecule has 2 fully saturated rings. The number of nitriles is 1. The first-order valence-electron chi connectivity index (χ1n) is 6.13. The van der Waals surface area contributed by atoms with Crippen molar-refractivity contribution in [2.24, 2.45) is 22.7 Å². The van der Waals surface area contributed by atoms with Crippen molar-refractivity contribution < 1.29 is 9.53 Å². The van der Waals surface area contributed by atoms with Gasteiger partial charge in [0, 0.05) is 0 Å². The molecule has 0 aromatic carbocycles. The van der Waals surface area contributed by atoms with Crippen LogP contribution in [0, 0.1) is 34.0 Å². The lowest BCUT2D eigenvalue weighted by Crippen LogP contribution is -2.36. The number of hydrogen-bond acceptors (Lipinski definition) is 3. The van der Waals surface area contributed by atoms with Gasteiger partial charge in [-0.1, -0.05) is 20.8 Å². The molecule has 2 unspecified atom stereocenters. The highest BCUT2D eigenvalue weighted by molar-refractivity contribution is 5.76. The minimum absolute atomic E-state index is 0.00445. The number of carbonyl (C=O) groups excluding carboxylic acids is 1. The number of fused-ring (bicyclic) bond motifs is 2. The molecule has 3 heteroatoms. The van der Waals surface area contributed by atoms with Gasteiger partial charge < -0.3 is 4.74 Å². The van der Waals surface area contributed by atoms with Crippen molar-refractivity contribution in [1.29, 1.82) is 5.26 Å². The highest BCUT2D eigenvalue weighted by Crippen LogP contribution is 2.68. The van der Waals surface area contributed by atoms with Crippen LogP contribution in [0.1, 0.15) is 40.0 Å². The van der Waals surface area contributed by atoms with Crippen molar-refractivity contribution in [1.82, 2.24) is 0 Å². The fourth-order valence-corrected chi connectivity index (χ4v) is 3.78. The second kappa shape index (κ2) is 3.60. The molecule has 0 amide bonds. The van der Waals surface area contributed by atoms with E-state index >= 15 is 0 Å². The average Bonchev–Trinajstić information content (AvgIpc) is 2.60. The number of allylic oxidation sites excluding steroid dienone is 1. The Morgan fingerprint density at radius 2 is 2.12 bits per heavy atom. The average molecular weight is 233 g/mol. The first-order chi connectivity index (χ1) is 7.83. The molecule has 0 aliphatic heterocycles. The number of esters is 1. The van der Waals surface area contributed by atoms with E-state index in [-0.39, 0.29) is 28.5 Å². The molecule has 92 valence electrons. The molecule has 3 nitrogen and oxygen atoms in total. The number of carbonyl (C=O) groups is 1. The second-order valence-electron chi connectivity index (χ2n) is 6.12. The molecule has 2 bridgehead atoms. The Morgan fingerprint density at radius 3 is 2.53 bits per heavy atom. The summed E-state index contributed by atoms with van der Waals surface area (Å²) < 4.78 is 5.00. The van der Waals surface area contributed by atoms with Crippen LogP contribution in [0.25, 0.3) is 0 Å². The normalized spacial score (nSPS) is 37.5. The Bertz CT molecular complexity index is 418. The molecule has 2 rings (SSSR count). The fourth-order valence-electron chi connectivity index (χ4n) is 3.78. The summed E-state index contributed by atoms with van der Waals surface area (Å²) in [4.78, 5) is 12.1. The largest absolute Gasteiger partial charge is 0.415 e.